The van der Waals surface area contributed by atoms with Gasteiger partial charge in [-0.25, -0.2) is 0 Å². The van der Waals surface area contributed by atoms with Crippen LogP contribution in [0.3, 0.4) is 0 Å². The van der Waals surface area contributed by atoms with Crippen molar-refractivity contribution >= 4 is 0 Å². The lowest BCUT2D eigenvalue weighted by atomic mass is 10.0. The molecule has 0 saturated carbocycles. The lowest BCUT2D eigenvalue weighted by Gasteiger charge is -2.18. The molecule has 1 N–H and O–H groups in total. The Balaban J connectivity index is 2.04. The van der Waals surface area contributed by atoms with Gasteiger partial charge in [0.25, 0.3) is 0 Å². The molecule has 2 rings (SSSR count). The summed E-state index contributed by atoms with van der Waals surface area (Å²) in [6, 6.07) is 19.5. The van der Waals surface area contributed by atoms with Crippen molar-refractivity contribution in [1.82, 2.24) is 5.32 Å². The van der Waals surface area contributed by atoms with Gasteiger partial charge in [0.05, 0.1) is 0 Å². The molecule has 0 unspecified atom stereocenters. The van der Waals surface area contributed by atoms with Gasteiger partial charge in [-0.2, -0.15) is 0 Å². The van der Waals surface area contributed by atoms with Crippen LogP contribution < -0.4 is 5.32 Å². The predicted octanol–water partition coefficient (Wildman–Crippen LogP) is 4.40. The highest BCUT2D eigenvalue weighted by atomic mass is 14.9. The van der Waals surface area contributed by atoms with Crippen LogP contribution in [0.25, 0.3) is 0 Å². The molecule has 1 heteroatoms. The first kappa shape index (κ1) is 13.6. The van der Waals surface area contributed by atoms with Gasteiger partial charge < -0.3 is 5.32 Å². The summed E-state index contributed by atoms with van der Waals surface area (Å²) in [5.41, 5.74) is 3.93. The largest absolute Gasteiger partial charge is 0.306 e. The molecule has 2 aromatic rings. The van der Waals surface area contributed by atoms with E-state index in [1.165, 1.54) is 16.7 Å². The molecule has 0 aliphatic rings. The van der Waals surface area contributed by atoms with Crippen molar-refractivity contribution in [3.8, 4) is 0 Å². The van der Waals surface area contributed by atoms with Crippen molar-refractivity contribution < 1.29 is 0 Å². The molecule has 1 nitrogen and oxygen atoms in total. The van der Waals surface area contributed by atoms with Crippen molar-refractivity contribution in [3.63, 3.8) is 0 Å². The Kier molecular flexibility index (Phi) is 4.93. The van der Waals surface area contributed by atoms with Gasteiger partial charge >= 0.3 is 0 Å². The lowest BCUT2D eigenvalue weighted by molar-refractivity contribution is 0.539. The summed E-state index contributed by atoms with van der Waals surface area (Å²) in [4.78, 5) is 0. The second kappa shape index (κ2) is 6.91. The third-order valence-electron chi connectivity index (χ3n) is 3.28. The highest BCUT2D eigenvalue weighted by Crippen LogP contribution is 2.18. The molecule has 0 spiro atoms. The van der Waals surface area contributed by atoms with Gasteiger partial charge in [0.2, 0.25) is 0 Å². The standard InChI is InChI=1S/C18H21N/c1-3-7-18(17-12-10-15(2)11-13-17)19-14-16-8-5-4-6-9-16/h3-6,8-13,18-19H,1,7,14H2,2H3/t18-/m1/s1. The summed E-state index contributed by atoms with van der Waals surface area (Å²) in [6.07, 6.45) is 2.92. The van der Waals surface area contributed by atoms with E-state index in [9.17, 15) is 0 Å². The quantitative estimate of drug-likeness (QED) is 0.750. The SMILES string of the molecule is C=CC[C@@H](NCc1ccccc1)c1ccc(C)cc1. The lowest BCUT2D eigenvalue weighted by Crippen LogP contribution is -2.20. The highest BCUT2D eigenvalue weighted by molar-refractivity contribution is 5.25. The molecule has 0 fully saturated rings. The Labute approximate surface area is 116 Å². The van der Waals surface area contributed by atoms with Gasteiger partial charge in [-0.1, -0.05) is 66.2 Å². The first-order chi connectivity index (χ1) is 9.29. The maximum atomic E-state index is 3.86. The van der Waals surface area contributed by atoms with E-state index in [-0.39, 0.29) is 0 Å². The van der Waals surface area contributed by atoms with E-state index in [1.54, 1.807) is 0 Å². The van der Waals surface area contributed by atoms with Gasteiger partial charge in [-0.15, -0.1) is 6.58 Å². The zero-order valence-electron chi connectivity index (χ0n) is 11.5. The topological polar surface area (TPSA) is 12.0 Å². The van der Waals surface area contributed by atoms with E-state index < -0.39 is 0 Å². The van der Waals surface area contributed by atoms with E-state index in [2.05, 4.69) is 67.4 Å². The Bertz CT molecular complexity index is 499. The summed E-state index contributed by atoms with van der Waals surface area (Å²) >= 11 is 0. The molecule has 0 aliphatic carbocycles. The summed E-state index contributed by atoms with van der Waals surface area (Å²) in [5, 5.41) is 3.60. The Morgan fingerprint density at radius 2 is 1.74 bits per heavy atom. The second-order valence-electron chi connectivity index (χ2n) is 4.85. The van der Waals surface area contributed by atoms with Crippen molar-refractivity contribution in [3.05, 3.63) is 83.9 Å². The van der Waals surface area contributed by atoms with E-state index in [0.717, 1.165) is 13.0 Å². The van der Waals surface area contributed by atoms with Gasteiger partial charge in [0.1, 0.15) is 0 Å². The molecule has 0 heterocycles. The summed E-state index contributed by atoms with van der Waals surface area (Å²) in [6.45, 7) is 6.86. The predicted molar refractivity (Wildman–Crippen MR) is 82.0 cm³/mol. The minimum Gasteiger partial charge on any atom is -0.306 e. The van der Waals surface area contributed by atoms with Gasteiger partial charge in [-0.3, -0.25) is 0 Å². The molecular weight excluding hydrogens is 230 g/mol. The summed E-state index contributed by atoms with van der Waals surface area (Å²) < 4.78 is 0. The maximum Gasteiger partial charge on any atom is 0.0357 e. The fourth-order valence-electron chi connectivity index (χ4n) is 2.14. The van der Waals surface area contributed by atoms with Crippen LogP contribution in [0.5, 0.6) is 0 Å². The first-order valence-electron chi connectivity index (χ1n) is 6.74. The molecule has 1 atom stereocenters. The maximum absolute atomic E-state index is 3.86. The molecule has 0 amide bonds. The van der Waals surface area contributed by atoms with Crippen LogP contribution in [-0.2, 0) is 6.54 Å². The van der Waals surface area contributed by atoms with Crippen molar-refractivity contribution in [2.24, 2.45) is 0 Å². The summed E-state index contributed by atoms with van der Waals surface area (Å²) in [7, 11) is 0. The monoisotopic (exact) mass is 251 g/mol. The fraction of sp³-hybridized carbons (Fsp3) is 0.222. The minimum absolute atomic E-state index is 0.332. The second-order valence-corrected chi connectivity index (χ2v) is 4.85. The molecule has 0 radical (unpaired) electrons. The number of rotatable bonds is 6. The Hall–Kier alpha value is -1.86. The van der Waals surface area contributed by atoms with Crippen molar-refractivity contribution in [1.29, 1.82) is 0 Å². The van der Waals surface area contributed by atoms with Crippen LogP contribution in [0.15, 0.2) is 67.3 Å². The van der Waals surface area contributed by atoms with Gasteiger partial charge in [0.15, 0.2) is 0 Å². The zero-order chi connectivity index (χ0) is 13.5. The van der Waals surface area contributed by atoms with Gasteiger partial charge in [-0.05, 0) is 24.5 Å². The van der Waals surface area contributed by atoms with Crippen LogP contribution in [0.4, 0.5) is 0 Å². The number of nitrogens with one attached hydrogen (secondary N) is 1. The van der Waals surface area contributed by atoms with E-state index >= 15 is 0 Å². The van der Waals surface area contributed by atoms with Crippen LogP contribution >= 0.6 is 0 Å². The number of benzene rings is 2. The third-order valence-corrected chi connectivity index (χ3v) is 3.28. The third kappa shape index (κ3) is 4.08. The molecule has 19 heavy (non-hydrogen) atoms. The van der Waals surface area contributed by atoms with E-state index in [1.807, 2.05) is 12.1 Å². The Morgan fingerprint density at radius 1 is 1.05 bits per heavy atom. The first-order valence-corrected chi connectivity index (χ1v) is 6.74. The van der Waals surface area contributed by atoms with E-state index in [4.69, 9.17) is 0 Å². The van der Waals surface area contributed by atoms with E-state index in [0.29, 0.717) is 6.04 Å². The summed E-state index contributed by atoms with van der Waals surface area (Å²) in [5.74, 6) is 0. The molecule has 0 aromatic heterocycles. The van der Waals surface area contributed by atoms with Crippen molar-refractivity contribution in [2.45, 2.75) is 25.9 Å². The average Bonchev–Trinajstić information content (AvgIpc) is 2.46. The molecular formula is C18H21N. The number of hydrogen-bond acceptors (Lipinski definition) is 1. The fourth-order valence-corrected chi connectivity index (χ4v) is 2.14. The van der Waals surface area contributed by atoms with Crippen LogP contribution in [0.2, 0.25) is 0 Å². The van der Waals surface area contributed by atoms with Gasteiger partial charge in [0, 0.05) is 12.6 Å². The van der Waals surface area contributed by atoms with Crippen LogP contribution in [0.1, 0.15) is 29.2 Å². The molecule has 2 aromatic carbocycles. The Morgan fingerprint density at radius 3 is 2.37 bits per heavy atom. The zero-order valence-corrected chi connectivity index (χ0v) is 11.5. The number of hydrogen-bond donors (Lipinski definition) is 1. The molecule has 0 saturated heterocycles. The van der Waals surface area contributed by atoms with Crippen LogP contribution in [0, 0.1) is 6.92 Å². The normalized spacial score (nSPS) is 12.1. The smallest absolute Gasteiger partial charge is 0.0357 e. The molecule has 0 aliphatic heterocycles. The van der Waals surface area contributed by atoms with Crippen molar-refractivity contribution in [2.75, 3.05) is 0 Å². The minimum atomic E-state index is 0.332. The highest BCUT2D eigenvalue weighted by Gasteiger charge is 2.08. The number of aryl methyl sites for hydroxylation is 1. The average molecular weight is 251 g/mol. The molecule has 98 valence electrons. The van der Waals surface area contributed by atoms with Crippen LogP contribution in [-0.4, -0.2) is 0 Å². The molecule has 0 bridgehead atoms.